The van der Waals surface area contributed by atoms with Crippen LogP contribution in [0.25, 0.3) is 0 Å². The van der Waals surface area contributed by atoms with Crippen molar-refractivity contribution in [3.05, 3.63) is 42.5 Å². The predicted octanol–water partition coefficient (Wildman–Crippen LogP) is 4.52. The van der Waals surface area contributed by atoms with Crippen molar-refractivity contribution < 1.29 is 19.1 Å². The van der Waals surface area contributed by atoms with Gasteiger partial charge in [-0.25, -0.2) is 0 Å². The lowest BCUT2D eigenvalue weighted by Gasteiger charge is -2.18. The Morgan fingerprint density at radius 2 is 1.60 bits per heavy atom. The van der Waals surface area contributed by atoms with E-state index in [9.17, 15) is 9.59 Å². The van der Waals surface area contributed by atoms with Crippen LogP contribution in [0.2, 0.25) is 0 Å². The SMILES string of the molecule is CCOc1ccc(OCC)c(NC(=O)CNc2cccc(NC(=O)C(C)(C)C)c2)c1. The van der Waals surface area contributed by atoms with Crippen molar-refractivity contribution >= 4 is 28.9 Å². The maximum Gasteiger partial charge on any atom is 0.243 e. The molecule has 0 aliphatic rings. The first kappa shape index (κ1) is 23.1. The molecule has 162 valence electrons. The summed E-state index contributed by atoms with van der Waals surface area (Å²) in [5.74, 6) is 0.941. The monoisotopic (exact) mass is 413 g/mol. The highest BCUT2D eigenvalue weighted by Gasteiger charge is 2.21. The van der Waals surface area contributed by atoms with E-state index in [1.807, 2.05) is 52.8 Å². The van der Waals surface area contributed by atoms with Crippen molar-refractivity contribution in [2.75, 3.05) is 35.7 Å². The van der Waals surface area contributed by atoms with Gasteiger partial charge in [0.15, 0.2) is 0 Å². The van der Waals surface area contributed by atoms with Crippen LogP contribution in [0.4, 0.5) is 17.1 Å². The third-order valence-corrected chi connectivity index (χ3v) is 4.09. The highest BCUT2D eigenvalue weighted by Crippen LogP contribution is 2.29. The quantitative estimate of drug-likeness (QED) is 0.562. The van der Waals surface area contributed by atoms with Crippen LogP contribution in [0.3, 0.4) is 0 Å². The molecule has 2 amide bonds. The number of benzene rings is 2. The Balaban J connectivity index is 2.00. The Bertz CT molecular complexity index is 875. The van der Waals surface area contributed by atoms with Gasteiger partial charge in [-0.05, 0) is 44.2 Å². The molecule has 30 heavy (non-hydrogen) atoms. The summed E-state index contributed by atoms with van der Waals surface area (Å²) in [6.45, 7) is 10.4. The second kappa shape index (κ2) is 10.5. The summed E-state index contributed by atoms with van der Waals surface area (Å²) in [5.41, 5.74) is 1.46. The van der Waals surface area contributed by atoms with E-state index in [4.69, 9.17) is 9.47 Å². The van der Waals surface area contributed by atoms with Gasteiger partial charge in [-0.15, -0.1) is 0 Å². The predicted molar refractivity (Wildman–Crippen MR) is 120 cm³/mol. The topological polar surface area (TPSA) is 88.7 Å². The molecule has 0 radical (unpaired) electrons. The molecule has 0 spiro atoms. The van der Waals surface area contributed by atoms with Gasteiger partial charge in [-0.2, -0.15) is 0 Å². The zero-order valence-electron chi connectivity index (χ0n) is 18.3. The number of carbonyl (C=O) groups is 2. The zero-order valence-corrected chi connectivity index (χ0v) is 18.3. The number of ether oxygens (including phenoxy) is 2. The number of anilines is 3. The van der Waals surface area contributed by atoms with Gasteiger partial charge < -0.3 is 25.4 Å². The standard InChI is InChI=1S/C23H31N3O4/c1-6-29-18-11-12-20(30-7-2)19(14-18)26-21(27)15-24-16-9-8-10-17(13-16)25-22(28)23(3,4)5/h8-14,24H,6-7,15H2,1-5H3,(H,25,28)(H,26,27). The summed E-state index contributed by atoms with van der Waals surface area (Å²) in [4.78, 5) is 24.6. The molecule has 7 heteroatoms. The maximum absolute atomic E-state index is 12.5. The summed E-state index contributed by atoms with van der Waals surface area (Å²) in [5, 5.41) is 8.81. The number of hydrogen-bond donors (Lipinski definition) is 3. The Hall–Kier alpha value is -3.22. The first-order valence-electron chi connectivity index (χ1n) is 10.1. The van der Waals surface area contributed by atoms with Crippen molar-refractivity contribution in [1.29, 1.82) is 0 Å². The Morgan fingerprint density at radius 1 is 0.900 bits per heavy atom. The third-order valence-electron chi connectivity index (χ3n) is 4.09. The van der Waals surface area contributed by atoms with Gasteiger partial charge in [0, 0.05) is 22.9 Å². The van der Waals surface area contributed by atoms with Crippen molar-refractivity contribution in [3.63, 3.8) is 0 Å². The van der Waals surface area contributed by atoms with Gasteiger partial charge in [0.25, 0.3) is 0 Å². The highest BCUT2D eigenvalue weighted by molar-refractivity contribution is 5.96. The first-order valence-corrected chi connectivity index (χ1v) is 10.1. The maximum atomic E-state index is 12.5. The molecule has 2 rings (SSSR count). The van der Waals surface area contributed by atoms with Gasteiger partial charge in [-0.3, -0.25) is 9.59 Å². The van der Waals surface area contributed by atoms with E-state index in [0.717, 1.165) is 5.69 Å². The molecule has 0 aromatic heterocycles. The zero-order chi connectivity index (χ0) is 22.1. The molecule has 0 aliphatic heterocycles. The fourth-order valence-electron chi connectivity index (χ4n) is 2.55. The number of amides is 2. The number of nitrogens with one attached hydrogen (secondary N) is 3. The minimum atomic E-state index is -0.488. The summed E-state index contributed by atoms with van der Waals surface area (Å²) in [7, 11) is 0. The fourth-order valence-corrected chi connectivity index (χ4v) is 2.55. The molecule has 0 unspecified atom stereocenters. The van der Waals surface area contributed by atoms with Gasteiger partial charge >= 0.3 is 0 Å². The summed E-state index contributed by atoms with van der Waals surface area (Å²) in [6.07, 6.45) is 0. The second-order valence-electron chi connectivity index (χ2n) is 7.71. The lowest BCUT2D eigenvalue weighted by Crippen LogP contribution is -2.27. The van der Waals surface area contributed by atoms with Gasteiger partial charge in [-0.1, -0.05) is 26.8 Å². The molecular formula is C23H31N3O4. The molecule has 0 fully saturated rings. The molecule has 0 saturated carbocycles. The van der Waals surface area contributed by atoms with E-state index in [2.05, 4.69) is 16.0 Å². The Labute approximate surface area is 178 Å². The molecule has 0 atom stereocenters. The Kier molecular flexibility index (Phi) is 8.09. The lowest BCUT2D eigenvalue weighted by molar-refractivity contribution is -0.123. The normalized spacial score (nSPS) is 10.8. The molecular weight excluding hydrogens is 382 g/mol. The first-order chi connectivity index (χ1) is 14.2. The highest BCUT2D eigenvalue weighted by atomic mass is 16.5. The third kappa shape index (κ3) is 6.99. The van der Waals surface area contributed by atoms with Crippen molar-refractivity contribution in [2.24, 2.45) is 5.41 Å². The molecule has 2 aromatic rings. The summed E-state index contributed by atoms with van der Waals surface area (Å²) < 4.78 is 11.1. The molecule has 0 aliphatic carbocycles. The van der Waals surface area contributed by atoms with Crippen molar-refractivity contribution in [3.8, 4) is 11.5 Å². The Morgan fingerprint density at radius 3 is 2.27 bits per heavy atom. The van der Waals surface area contributed by atoms with Crippen LogP contribution in [-0.4, -0.2) is 31.6 Å². The van der Waals surface area contributed by atoms with E-state index in [1.54, 1.807) is 24.3 Å². The number of hydrogen-bond acceptors (Lipinski definition) is 5. The van der Waals surface area contributed by atoms with Crippen LogP contribution in [0.15, 0.2) is 42.5 Å². The molecule has 7 nitrogen and oxygen atoms in total. The average molecular weight is 414 g/mol. The van der Waals surface area contributed by atoms with Crippen LogP contribution < -0.4 is 25.4 Å². The van der Waals surface area contributed by atoms with E-state index in [1.165, 1.54) is 0 Å². The van der Waals surface area contributed by atoms with Crippen molar-refractivity contribution in [1.82, 2.24) is 0 Å². The number of rotatable bonds is 9. The van der Waals surface area contributed by atoms with Gasteiger partial charge in [0.05, 0.1) is 25.4 Å². The van der Waals surface area contributed by atoms with Gasteiger partial charge in [0.2, 0.25) is 11.8 Å². The number of carbonyl (C=O) groups excluding carboxylic acids is 2. The van der Waals surface area contributed by atoms with E-state index in [-0.39, 0.29) is 18.4 Å². The van der Waals surface area contributed by atoms with Crippen LogP contribution in [-0.2, 0) is 9.59 Å². The van der Waals surface area contributed by atoms with Crippen LogP contribution in [0, 0.1) is 5.41 Å². The molecule has 0 heterocycles. The minimum absolute atomic E-state index is 0.0566. The smallest absolute Gasteiger partial charge is 0.243 e. The molecule has 0 saturated heterocycles. The van der Waals surface area contributed by atoms with E-state index in [0.29, 0.717) is 36.1 Å². The van der Waals surface area contributed by atoms with Crippen LogP contribution in [0.1, 0.15) is 34.6 Å². The van der Waals surface area contributed by atoms with Gasteiger partial charge in [0.1, 0.15) is 11.5 Å². The summed E-state index contributed by atoms with van der Waals surface area (Å²) in [6, 6.07) is 12.6. The largest absolute Gasteiger partial charge is 0.494 e. The minimum Gasteiger partial charge on any atom is -0.494 e. The van der Waals surface area contributed by atoms with E-state index >= 15 is 0 Å². The fraction of sp³-hybridized carbons (Fsp3) is 0.391. The summed E-state index contributed by atoms with van der Waals surface area (Å²) >= 11 is 0. The van der Waals surface area contributed by atoms with Crippen molar-refractivity contribution in [2.45, 2.75) is 34.6 Å². The lowest BCUT2D eigenvalue weighted by atomic mass is 9.95. The second-order valence-corrected chi connectivity index (χ2v) is 7.71. The molecule has 2 aromatic carbocycles. The molecule has 0 bridgehead atoms. The van der Waals surface area contributed by atoms with Crippen LogP contribution >= 0.6 is 0 Å². The molecule has 3 N–H and O–H groups in total. The van der Waals surface area contributed by atoms with Crippen LogP contribution in [0.5, 0.6) is 11.5 Å². The average Bonchev–Trinajstić information content (AvgIpc) is 2.68. The van der Waals surface area contributed by atoms with E-state index < -0.39 is 5.41 Å².